The number of nitrogens with zero attached hydrogens (tertiary/aromatic N) is 2. The third-order valence-electron chi connectivity index (χ3n) is 3.56. The molecule has 0 fully saturated rings. The van der Waals surface area contributed by atoms with Gasteiger partial charge >= 0.3 is 0 Å². The van der Waals surface area contributed by atoms with Crippen LogP contribution in [0.4, 0.5) is 0 Å². The standard InChI is InChI=1S/C19H26N4O.HI/c1-3-4-13-24-18-17(11-8-12-21-18)15-23-19(20-2)22-14-16-9-6-5-7-10-16;/h5-12H,3-4,13-15H2,1-2H3,(H2,20,22,23);1H. The summed E-state index contributed by atoms with van der Waals surface area (Å²) in [6, 6.07) is 14.2. The molecule has 0 spiro atoms. The molecule has 1 aromatic carbocycles. The lowest BCUT2D eigenvalue weighted by molar-refractivity contribution is 0.294. The zero-order valence-electron chi connectivity index (χ0n) is 14.9. The highest BCUT2D eigenvalue weighted by Gasteiger charge is 2.06. The Bertz CT molecular complexity index is 634. The fraction of sp³-hybridized carbons (Fsp3) is 0.368. The number of halogens is 1. The van der Waals surface area contributed by atoms with Gasteiger partial charge in [0.25, 0.3) is 0 Å². The second kappa shape index (κ2) is 12.5. The Hall–Kier alpha value is -1.83. The molecule has 2 N–H and O–H groups in total. The van der Waals surface area contributed by atoms with Gasteiger partial charge in [-0.2, -0.15) is 0 Å². The Labute approximate surface area is 167 Å². The number of nitrogens with one attached hydrogen (secondary N) is 2. The molecule has 0 atom stereocenters. The minimum Gasteiger partial charge on any atom is -0.477 e. The zero-order valence-corrected chi connectivity index (χ0v) is 17.2. The number of benzene rings is 1. The van der Waals surface area contributed by atoms with Crippen LogP contribution in [0.1, 0.15) is 30.9 Å². The van der Waals surface area contributed by atoms with Crippen LogP contribution in [0, 0.1) is 0 Å². The summed E-state index contributed by atoms with van der Waals surface area (Å²) >= 11 is 0. The van der Waals surface area contributed by atoms with Gasteiger partial charge in [0.15, 0.2) is 5.96 Å². The third kappa shape index (κ3) is 7.72. The molecule has 0 aliphatic heterocycles. The number of pyridine rings is 1. The third-order valence-corrected chi connectivity index (χ3v) is 3.56. The maximum atomic E-state index is 5.76. The molecule has 0 saturated heterocycles. The Balaban J connectivity index is 0.00000312. The Morgan fingerprint density at radius 2 is 1.84 bits per heavy atom. The van der Waals surface area contributed by atoms with E-state index in [4.69, 9.17) is 4.74 Å². The maximum Gasteiger partial charge on any atom is 0.218 e. The van der Waals surface area contributed by atoms with Crippen LogP contribution >= 0.6 is 24.0 Å². The zero-order chi connectivity index (χ0) is 17.0. The Morgan fingerprint density at radius 3 is 2.56 bits per heavy atom. The van der Waals surface area contributed by atoms with Crippen molar-refractivity contribution in [2.75, 3.05) is 13.7 Å². The van der Waals surface area contributed by atoms with Crippen LogP contribution in [0.3, 0.4) is 0 Å². The normalized spacial score (nSPS) is 10.7. The van der Waals surface area contributed by atoms with Gasteiger partial charge in [-0.05, 0) is 18.1 Å². The largest absolute Gasteiger partial charge is 0.477 e. The molecule has 5 nitrogen and oxygen atoms in total. The fourth-order valence-corrected chi connectivity index (χ4v) is 2.18. The SMILES string of the molecule is CCCCOc1ncccc1CNC(=NC)NCc1ccccc1.I. The lowest BCUT2D eigenvalue weighted by Gasteiger charge is -2.14. The van der Waals surface area contributed by atoms with Crippen LogP contribution < -0.4 is 15.4 Å². The van der Waals surface area contributed by atoms with Crippen molar-refractivity contribution in [3.8, 4) is 5.88 Å². The topological polar surface area (TPSA) is 58.5 Å². The summed E-state index contributed by atoms with van der Waals surface area (Å²) in [5, 5.41) is 6.61. The van der Waals surface area contributed by atoms with Crippen molar-refractivity contribution in [3.63, 3.8) is 0 Å². The molecule has 1 heterocycles. The highest BCUT2D eigenvalue weighted by Crippen LogP contribution is 2.14. The van der Waals surface area contributed by atoms with E-state index < -0.39 is 0 Å². The van der Waals surface area contributed by atoms with Gasteiger partial charge in [0.2, 0.25) is 5.88 Å². The molecule has 0 amide bonds. The van der Waals surface area contributed by atoms with Gasteiger partial charge in [-0.25, -0.2) is 4.98 Å². The molecule has 1 aromatic heterocycles. The van der Waals surface area contributed by atoms with Crippen LogP contribution in [0.5, 0.6) is 5.88 Å². The van der Waals surface area contributed by atoms with E-state index in [-0.39, 0.29) is 24.0 Å². The van der Waals surface area contributed by atoms with Crippen LogP contribution in [-0.2, 0) is 13.1 Å². The van der Waals surface area contributed by atoms with Crippen molar-refractivity contribution in [1.29, 1.82) is 0 Å². The Morgan fingerprint density at radius 1 is 1.08 bits per heavy atom. The number of aromatic nitrogens is 1. The van der Waals surface area contributed by atoms with Crippen molar-refractivity contribution < 1.29 is 4.74 Å². The first-order valence-corrected chi connectivity index (χ1v) is 8.38. The first-order valence-electron chi connectivity index (χ1n) is 8.38. The fourth-order valence-electron chi connectivity index (χ4n) is 2.18. The highest BCUT2D eigenvalue weighted by molar-refractivity contribution is 14.0. The van der Waals surface area contributed by atoms with Crippen LogP contribution in [0.15, 0.2) is 53.7 Å². The molecule has 2 rings (SSSR count). The molecule has 25 heavy (non-hydrogen) atoms. The molecule has 0 radical (unpaired) electrons. The van der Waals surface area contributed by atoms with E-state index in [1.165, 1.54) is 5.56 Å². The monoisotopic (exact) mass is 454 g/mol. The van der Waals surface area contributed by atoms with E-state index in [1.807, 2.05) is 30.3 Å². The molecule has 2 aromatic rings. The number of hydrogen-bond acceptors (Lipinski definition) is 3. The van der Waals surface area contributed by atoms with Crippen molar-refractivity contribution >= 4 is 29.9 Å². The number of ether oxygens (including phenoxy) is 1. The van der Waals surface area contributed by atoms with Gasteiger partial charge in [0, 0.05) is 31.9 Å². The van der Waals surface area contributed by atoms with Crippen molar-refractivity contribution in [1.82, 2.24) is 15.6 Å². The summed E-state index contributed by atoms with van der Waals surface area (Å²) < 4.78 is 5.76. The summed E-state index contributed by atoms with van der Waals surface area (Å²) in [6.45, 7) is 4.19. The summed E-state index contributed by atoms with van der Waals surface area (Å²) in [7, 11) is 1.77. The first kappa shape index (κ1) is 21.2. The number of hydrogen-bond donors (Lipinski definition) is 2. The van der Waals surface area contributed by atoms with E-state index in [0.717, 1.165) is 30.9 Å². The van der Waals surface area contributed by atoms with Gasteiger partial charge in [-0.3, -0.25) is 4.99 Å². The van der Waals surface area contributed by atoms with Crippen LogP contribution in [0.2, 0.25) is 0 Å². The van der Waals surface area contributed by atoms with E-state index in [2.05, 4.69) is 39.7 Å². The van der Waals surface area contributed by atoms with Gasteiger partial charge in [0.05, 0.1) is 6.61 Å². The lowest BCUT2D eigenvalue weighted by Crippen LogP contribution is -2.36. The number of rotatable bonds is 8. The summed E-state index contributed by atoms with van der Waals surface area (Å²) in [4.78, 5) is 8.58. The van der Waals surface area contributed by atoms with E-state index in [1.54, 1.807) is 13.2 Å². The second-order valence-corrected chi connectivity index (χ2v) is 5.43. The van der Waals surface area contributed by atoms with Crippen LogP contribution in [0.25, 0.3) is 0 Å². The molecule has 0 aliphatic carbocycles. The Kier molecular flexibility index (Phi) is 10.6. The minimum absolute atomic E-state index is 0. The molecule has 0 bridgehead atoms. The first-order chi connectivity index (χ1) is 11.8. The summed E-state index contributed by atoms with van der Waals surface area (Å²) in [5.74, 6) is 1.44. The average molecular weight is 454 g/mol. The van der Waals surface area contributed by atoms with Gasteiger partial charge in [-0.15, -0.1) is 24.0 Å². The van der Waals surface area contributed by atoms with Gasteiger partial charge < -0.3 is 15.4 Å². The van der Waals surface area contributed by atoms with Crippen molar-refractivity contribution in [2.45, 2.75) is 32.9 Å². The van der Waals surface area contributed by atoms with E-state index >= 15 is 0 Å². The lowest BCUT2D eigenvalue weighted by atomic mass is 10.2. The molecule has 136 valence electrons. The molecule has 0 aliphatic rings. The predicted octanol–water partition coefficient (Wildman–Crippen LogP) is 3.74. The van der Waals surface area contributed by atoms with Gasteiger partial charge in [-0.1, -0.05) is 49.7 Å². The van der Waals surface area contributed by atoms with Crippen LogP contribution in [-0.4, -0.2) is 24.6 Å². The molecule has 6 heteroatoms. The van der Waals surface area contributed by atoms with E-state index in [0.29, 0.717) is 19.0 Å². The van der Waals surface area contributed by atoms with Crippen molar-refractivity contribution in [2.24, 2.45) is 4.99 Å². The minimum atomic E-state index is 0. The molecular formula is C19H27IN4O. The number of aliphatic imine (C=N–C) groups is 1. The van der Waals surface area contributed by atoms with Crippen molar-refractivity contribution in [3.05, 3.63) is 59.8 Å². The number of unbranched alkanes of at least 4 members (excludes halogenated alkanes) is 1. The summed E-state index contributed by atoms with van der Waals surface area (Å²) in [5.41, 5.74) is 2.24. The predicted molar refractivity (Wildman–Crippen MR) is 114 cm³/mol. The molecular weight excluding hydrogens is 427 g/mol. The quantitative estimate of drug-likeness (QED) is 0.276. The van der Waals surface area contributed by atoms with E-state index in [9.17, 15) is 0 Å². The molecule has 0 unspecified atom stereocenters. The second-order valence-electron chi connectivity index (χ2n) is 5.43. The summed E-state index contributed by atoms with van der Waals surface area (Å²) in [6.07, 6.45) is 3.90. The average Bonchev–Trinajstić information content (AvgIpc) is 2.64. The highest BCUT2D eigenvalue weighted by atomic mass is 127. The maximum absolute atomic E-state index is 5.76. The number of guanidine groups is 1. The smallest absolute Gasteiger partial charge is 0.218 e. The molecule has 0 saturated carbocycles. The van der Waals surface area contributed by atoms with Gasteiger partial charge in [0.1, 0.15) is 0 Å².